The van der Waals surface area contributed by atoms with Crippen LogP contribution in [0.3, 0.4) is 0 Å². The molecule has 0 spiro atoms. The maximum absolute atomic E-state index is 12.6. The molecule has 6 nitrogen and oxygen atoms in total. The van der Waals surface area contributed by atoms with Gasteiger partial charge in [-0.15, -0.1) is 0 Å². The van der Waals surface area contributed by atoms with Gasteiger partial charge in [0.25, 0.3) is 10.0 Å². The van der Waals surface area contributed by atoms with Crippen LogP contribution in [0.1, 0.15) is 36.5 Å². The second-order valence-electron chi connectivity index (χ2n) is 7.61. The summed E-state index contributed by atoms with van der Waals surface area (Å²) in [4.78, 5) is -0.164. The largest absolute Gasteiger partial charge is 0.871 e. The van der Waals surface area contributed by atoms with E-state index in [2.05, 4.69) is 4.72 Å². The summed E-state index contributed by atoms with van der Waals surface area (Å²) in [5.41, 5.74) is 2.56. The normalized spacial score (nSPS) is 11.5. The molecule has 31 heavy (non-hydrogen) atoms. The summed E-state index contributed by atoms with van der Waals surface area (Å²) in [6.45, 7) is 7.57. The number of anilines is 1. The quantitative estimate of drug-likeness (QED) is 0.509. The van der Waals surface area contributed by atoms with Crippen LogP contribution < -0.4 is 14.6 Å². The Morgan fingerprint density at radius 1 is 1.03 bits per heavy atom. The Morgan fingerprint density at radius 3 is 2.26 bits per heavy atom. The summed E-state index contributed by atoms with van der Waals surface area (Å²) in [7, 11) is -3.96. The second kappa shape index (κ2) is 8.69. The fraction of sp³-hybridized carbons (Fsp3) is 0.217. The van der Waals surface area contributed by atoms with Crippen LogP contribution in [0.15, 0.2) is 53.4 Å². The third-order valence-electron chi connectivity index (χ3n) is 4.77. The molecule has 0 unspecified atom stereocenters. The minimum absolute atomic E-state index is 0.0398. The van der Waals surface area contributed by atoms with E-state index in [0.717, 1.165) is 22.8 Å². The summed E-state index contributed by atoms with van der Waals surface area (Å²) in [6.07, 6.45) is 0. The lowest BCUT2D eigenvalue weighted by Gasteiger charge is -2.17. The molecule has 0 saturated carbocycles. The lowest BCUT2D eigenvalue weighted by molar-refractivity contribution is -0.268. The van der Waals surface area contributed by atoms with E-state index in [0.29, 0.717) is 17.2 Å². The summed E-state index contributed by atoms with van der Waals surface area (Å²) in [5, 5.41) is 21.7. The molecule has 164 valence electrons. The van der Waals surface area contributed by atoms with Crippen LogP contribution in [-0.2, 0) is 10.0 Å². The number of sulfonamides is 1. The first kappa shape index (κ1) is 22.8. The molecule has 0 saturated heterocycles. The van der Waals surface area contributed by atoms with E-state index in [1.54, 1.807) is 30.3 Å². The van der Waals surface area contributed by atoms with E-state index in [-0.39, 0.29) is 21.6 Å². The van der Waals surface area contributed by atoms with Crippen molar-refractivity contribution in [3.63, 3.8) is 0 Å². The minimum Gasteiger partial charge on any atom is -0.871 e. The highest BCUT2D eigenvalue weighted by Gasteiger charge is 2.17. The predicted molar refractivity (Wildman–Crippen MR) is 120 cm³/mol. The molecule has 0 atom stereocenters. The molecule has 0 radical (unpaired) electrons. The monoisotopic (exact) mass is 460 g/mol. The smallest absolute Gasteiger partial charge is 0.261 e. The van der Waals surface area contributed by atoms with Gasteiger partial charge >= 0.3 is 0 Å². The number of phenols is 1. The maximum Gasteiger partial charge on any atom is 0.261 e. The molecular weight excluding hydrogens is 438 g/mol. The van der Waals surface area contributed by atoms with Gasteiger partial charge < -0.3 is 14.9 Å². The van der Waals surface area contributed by atoms with Gasteiger partial charge in [0.15, 0.2) is 0 Å². The zero-order valence-electron chi connectivity index (χ0n) is 17.6. The van der Waals surface area contributed by atoms with E-state index >= 15 is 0 Å². The van der Waals surface area contributed by atoms with Crippen LogP contribution in [0.5, 0.6) is 23.0 Å². The van der Waals surface area contributed by atoms with Gasteiger partial charge in [0.05, 0.1) is 4.90 Å². The summed E-state index contributed by atoms with van der Waals surface area (Å²) >= 11 is 5.70. The standard InChI is InChI=1S/C23H24ClNO5S/c1-13(2)19-11-17(5-8-21(19)26)30-23-14(3)9-16(10-15(23)4)25-31(28,29)18-6-7-20(24)22(27)12-18/h5-13,25-27H,1-4H3/p-1. The Morgan fingerprint density at radius 2 is 1.68 bits per heavy atom. The Balaban J connectivity index is 1.88. The van der Waals surface area contributed by atoms with Crippen molar-refractivity contribution < 1.29 is 23.4 Å². The minimum atomic E-state index is -3.96. The number of benzene rings is 3. The molecule has 2 N–H and O–H groups in total. The molecule has 0 fully saturated rings. The van der Waals surface area contributed by atoms with Crippen molar-refractivity contribution in [3.05, 3.63) is 70.2 Å². The van der Waals surface area contributed by atoms with E-state index in [4.69, 9.17) is 16.3 Å². The highest BCUT2D eigenvalue weighted by Crippen LogP contribution is 2.35. The van der Waals surface area contributed by atoms with E-state index < -0.39 is 15.8 Å². The van der Waals surface area contributed by atoms with Gasteiger partial charge in [-0.05, 0) is 79.4 Å². The van der Waals surface area contributed by atoms with Crippen molar-refractivity contribution in [2.45, 2.75) is 38.5 Å². The molecule has 3 aromatic carbocycles. The van der Waals surface area contributed by atoms with Crippen LogP contribution in [0, 0.1) is 13.8 Å². The lowest BCUT2D eigenvalue weighted by Crippen LogP contribution is -2.13. The van der Waals surface area contributed by atoms with Crippen LogP contribution in [0.4, 0.5) is 5.69 Å². The topological polar surface area (TPSA) is 98.7 Å². The Hall–Kier alpha value is -2.90. The SMILES string of the molecule is Cc1cc(NS(=O)(=O)c2ccc(Cl)c([O-])c2)cc(C)c1Oc1ccc(O)c(C(C)C)c1. The van der Waals surface area contributed by atoms with Gasteiger partial charge in [-0.25, -0.2) is 8.42 Å². The number of aryl methyl sites for hydroxylation is 2. The molecule has 0 aliphatic heterocycles. The zero-order chi connectivity index (χ0) is 22.9. The third-order valence-corrected chi connectivity index (χ3v) is 6.46. The van der Waals surface area contributed by atoms with Crippen LogP contribution in [-0.4, -0.2) is 13.5 Å². The number of nitrogens with one attached hydrogen (secondary N) is 1. The van der Waals surface area contributed by atoms with Crippen LogP contribution in [0.2, 0.25) is 5.02 Å². The van der Waals surface area contributed by atoms with Crippen molar-refractivity contribution >= 4 is 27.3 Å². The number of hydrogen-bond acceptors (Lipinski definition) is 5. The maximum atomic E-state index is 12.6. The second-order valence-corrected chi connectivity index (χ2v) is 9.70. The molecule has 0 bridgehead atoms. The van der Waals surface area contributed by atoms with Gasteiger partial charge in [0.1, 0.15) is 17.2 Å². The molecule has 0 amide bonds. The number of ether oxygens (including phenoxy) is 1. The molecule has 0 heterocycles. The lowest BCUT2D eigenvalue weighted by atomic mass is 10.0. The Bertz CT molecular complexity index is 1220. The summed E-state index contributed by atoms with van der Waals surface area (Å²) in [5.74, 6) is 0.950. The highest BCUT2D eigenvalue weighted by molar-refractivity contribution is 7.92. The van der Waals surface area contributed by atoms with E-state index in [1.807, 2.05) is 27.7 Å². The third kappa shape index (κ3) is 5.06. The Labute approximate surface area is 187 Å². The van der Waals surface area contributed by atoms with Crippen LogP contribution >= 0.6 is 11.6 Å². The highest BCUT2D eigenvalue weighted by atomic mass is 35.5. The van der Waals surface area contributed by atoms with Gasteiger partial charge in [0.2, 0.25) is 0 Å². The average Bonchev–Trinajstić information content (AvgIpc) is 2.67. The fourth-order valence-electron chi connectivity index (χ4n) is 3.21. The average molecular weight is 461 g/mol. The number of aromatic hydroxyl groups is 1. The molecule has 8 heteroatoms. The number of halogens is 1. The first-order valence-corrected chi connectivity index (χ1v) is 11.5. The van der Waals surface area contributed by atoms with Gasteiger partial charge in [-0.2, -0.15) is 0 Å². The van der Waals surface area contributed by atoms with Crippen LogP contribution in [0.25, 0.3) is 0 Å². The van der Waals surface area contributed by atoms with Crippen molar-refractivity contribution in [2.75, 3.05) is 4.72 Å². The first-order valence-electron chi connectivity index (χ1n) is 9.59. The predicted octanol–water partition coefficient (Wildman–Crippen LogP) is 5.45. The van der Waals surface area contributed by atoms with Crippen molar-refractivity contribution in [1.29, 1.82) is 0 Å². The first-order chi connectivity index (χ1) is 14.5. The van der Waals surface area contributed by atoms with E-state index in [9.17, 15) is 18.6 Å². The van der Waals surface area contributed by atoms with Gasteiger partial charge in [-0.3, -0.25) is 4.72 Å². The molecule has 3 aromatic rings. The van der Waals surface area contributed by atoms with E-state index in [1.165, 1.54) is 12.1 Å². The molecular formula is C23H23ClNO5S-. The number of rotatable bonds is 6. The summed E-state index contributed by atoms with van der Waals surface area (Å²) in [6, 6.07) is 11.9. The van der Waals surface area contributed by atoms with Crippen molar-refractivity contribution in [3.8, 4) is 23.0 Å². The molecule has 0 aromatic heterocycles. The van der Waals surface area contributed by atoms with Crippen molar-refractivity contribution in [1.82, 2.24) is 0 Å². The summed E-state index contributed by atoms with van der Waals surface area (Å²) < 4.78 is 33.8. The van der Waals surface area contributed by atoms with Gasteiger partial charge in [-0.1, -0.05) is 31.2 Å². The number of phenolic OH excluding ortho intramolecular Hbond substituents is 1. The molecule has 0 aliphatic rings. The molecule has 0 aliphatic carbocycles. The van der Waals surface area contributed by atoms with Gasteiger partial charge in [0, 0.05) is 16.3 Å². The molecule has 3 rings (SSSR count). The Kier molecular flexibility index (Phi) is 6.38. The number of hydrogen-bond donors (Lipinski definition) is 2. The fourth-order valence-corrected chi connectivity index (χ4v) is 4.38. The van der Waals surface area contributed by atoms with Crippen molar-refractivity contribution in [2.24, 2.45) is 0 Å². The zero-order valence-corrected chi connectivity index (χ0v) is 19.1.